The topological polar surface area (TPSA) is 106 Å². The molecule has 0 radical (unpaired) electrons. The number of amides is 1. The van der Waals surface area contributed by atoms with Crippen LogP contribution in [0.3, 0.4) is 0 Å². The predicted octanol–water partition coefficient (Wildman–Crippen LogP) is 2.67. The van der Waals surface area contributed by atoms with Crippen molar-refractivity contribution >= 4 is 22.5 Å². The van der Waals surface area contributed by atoms with E-state index in [1.165, 1.54) is 29.0 Å². The van der Waals surface area contributed by atoms with Gasteiger partial charge in [0.1, 0.15) is 11.5 Å². The first kappa shape index (κ1) is 18.2. The number of aromatic nitrogens is 3. The van der Waals surface area contributed by atoms with E-state index in [2.05, 4.69) is 15.3 Å². The van der Waals surface area contributed by atoms with Gasteiger partial charge in [-0.25, -0.2) is 0 Å². The molecule has 0 unspecified atom stereocenters. The van der Waals surface area contributed by atoms with Gasteiger partial charge < -0.3 is 19.6 Å². The Labute approximate surface area is 164 Å². The summed E-state index contributed by atoms with van der Waals surface area (Å²) in [6, 6.07) is 12.7. The molecule has 0 fully saturated rings. The number of ether oxygens (including phenoxy) is 1. The van der Waals surface area contributed by atoms with Crippen molar-refractivity contribution in [2.45, 2.75) is 0 Å². The number of H-pyrrole nitrogens is 1. The summed E-state index contributed by atoms with van der Waals surface area (Å²) < 4.78 is 7.36. The summed E-state index contributed by atoms with van der Waals surface area (Å²) in [7, 11) is 1.66. The highest BCUT2D eigenvalue weighted by molar-refractivity contribution is 6.05. The van der Waals surface area contributed by atoms with Crippen LogP contribution in [0.15, 0.2) is 76.7 Å². The number of rotatable bonds is 4. The number of pyridine rings is 3. The van der Waals surface area contributed by atoms with Gasteiger partial charge >= 0.3 is 0 Å². The highest BCUT2D eigenvalue weighted by atomic mass is 16.5. The van der Waals surface area contributed by atoms with E-state index in [4.69, 9.17) is 4.74 Å². The SMILES string of the molecule is Cn1c(=O)cc(Oc2cccnc2)c2cc(NC(=O)c3ccc(=O)[nH]c3)ccc21. The van der Waals surface area contributed by atoms with E-state index < -0.39 is 0 Å². The number of benzene rings is 1. The summed E-state index contributed by atoms with van der Waals surface area (Å²) in [5.74, 6) is 0.473. The number of aryl methyl sites for hydroxylation is 1. The van der Waals surface area contributed by atoms with Crippen LogP contribution in [0.1, 0.15) is 10.4 Å². The fourth-order valence-electron chi connectivity index (χ4n) is 2.88. The van der Waals surface area contributed by atoms with Gasteiger partial charge in [0.15, 0.2) is 0 Å². The summed E-state index contributed by atoms with van der Waals surface area (Å²) in [4.78, 5) is 42.4. The Bertz CT molecular complexity index is 1310. The maximum absolute atomic E-state index is 12.4. The van der Waals surface area contributed by atoms with Crippen LogP contribution in [0.4, 0.5) is 5.69 Å². The third-order valence-electron chi connectivity index (χ3n) is 4.37. The summed E-state index contributed by atoms with van der Waals surface area (Å²) in [6.45, 7) is 0. The zero-order chi connectivity index (χ0) is 20.4. The van der Waals surface area contributed by atoms with Crippen molar-refractivity contribution in [2.24, 2.45) is 7.05 Å². The molecule has 0 saturated carbocycles. The van der Waals surface area contributed by atoms with E-state index in [1.54, 1.807) is 49.8 Å². The molecule has 8 nitrogen and oxygen atoms in total. The number of anilines is 1. The van der Waals surface area contributed by atoms with Crippen molar-refractivity contribution in [1.29, 1.82) is 0 Å². The standard InChI is InChI=1S/C21H16N4O4/c1-25-17-6-5-14(24-21(28)13-4-7-19(26)23-11-13)9-16(17)18(10-20(25)27)29-15-3-2-8-22-12-15/h2-12H,1H3,(H,23,26)(H,24,28). The molecule has 0 atom stereocenters. The average molecular weight is 388 g/mol. The third kappa shape index (κ3) is 3.77. The minimum atomic E-state index is -0.375. The Balaban J connectivity index is 1.73. The van der Waals surface area contributed by atoms with Gasteiger partial charge in [-0.1, -0.05) is 0 Å². The van der Waals surface area contributed by atoms with E-state index in [-0.39, 0.29) is 17.0 Å². The van der Waals surface area contributed by atoms with Crippen LogP contribution >= 0.6 is 0 Å². The first-order chi connectivity index (χ1) is 14.0. The van der Waals surface area contributed by atoms with Crippen LogP contribution in [-0.4, -0.2) is 20.4 Å². The molecule has 8 heteroatoms. The first-order valence-corrected chi connectivity index (χ1v) is 8.73. The van der Waals surface area contributed by atoms with Gasteiger partial charge in [0.2, 0.25) is 5.56 Å². The molecule has 0 aliphatic heterocycles. The van der Waals surface area contributed by atoms with Gasteiger partial charge in [0.05, 0.1) is 17.3 Å². The summed E-state index contributed by atoms with van der Waals surface area (Å²) in [5, 5.41) is 3.43. The zero-order valence-electron chi connectivity index (χ0n) is 15.4. The minimum absolute atomic E-state index is 0.221. The highest BCUT2D eigenvalue weighted by Gasteiger charge is 2.12. The second kappa shape index (κ2) is 7.43. The number of aromatic amines is 1. The van der Waals surface area contributed by atoms with Crippen LogP contribution in [0.2, 0.25) is 0 Å². The van der Waals surface area contributed by atoms with E-state index in [1.807, 2.05) is 0 Å². The molecule has 3 aromatic heterocycles. The van der Waals surface area contributed by atoms with E-state index in [0.29, 0.717) is 33.7 Å². The third-order valence-corrected chi connectivity index (χ3v) is 4.37. The Morgan fingerprint density at radius 2 is 2.00 bits per heavy atom. The normalized spacial score (nSPS) is 10.7. The molecule has 4 rings (SSSR count). The van der Waals surface area contributed by atoms with Crippen LogP contribution in [0, 0.1) is 0 Å². The molecule has 29 heavy (non-hydrogen) atoms. The van der Waals surface area contributed by atoms with Crippen LogP contribution in [0.25, 0.3) is 10.9 Å². The number of fused-ring (bicyclic) bond motifs is 1. The van der Waals surface area contributed by atoms with E-state index in [0.717, 1.165) is 0 Å². The lowest BCUT2D eigenvalue weighted by Crippen LogP contribution is -2.17. The summed E-state index contributed by atoms with van der Waals surface area (Å²) in [5.41, 5.74) is 0.977. The molecular weight excluding hydrogens is 372 g/mol. The van der Waals surface area contributed by atoms with Crippen LogP contribution < -0.4 is 21.2 Å². The maximum Gasteiger partial charge on any atom is 0.257 e. The second-order valence-electron chi connectivity index (χ2n) is 6.32. The quantitative estimate of drug-likeness (QED) is 0.559. The van der Waals surface area contributed by atoms with Gasteiger partial charge in [0, 0.05) is 42.6 Å². The maximum atomic E-state index is 12.4. The Hall–Kier alpha value is -4.20. The van der Waals surface area contributed by atoms with Gasteiger partial charge in [-0.15, -0.1) is 0 Å². The van der Waals surface area contributed by atoms with Crippen molar-refractivity contribution < 1.29 is 9.53 Å². The number of hydrogen-bond donors (Lipinski definition) is 2. The molecule has 4 aromatic rings. The predicted molar refractivity (Wildman–Crippen MR) is 109 cm³/mol. The molecule has 2 N–H and O–H groups in total. The van der Waals surface area contributed by atoms with Crippen molar-refractivity contribution in [3.63, 3.8) is 0 Å². The van der Waals surface area contributed by atoms with Gasteiger partial charge in [-0.05, 0) is 36.4 Å². The molecule has 1 amide bonds. The second-order valence-corrected chi connectivity index (χ2v) is 6.32. The van der Waals surface area contributed by atoms with Gasteiger partial charge in [-0.2, -0.15) is 0 Å². The molecule has 0 aliphatic carbocycles. The first-order valence-electron chi connectivity index (χ1n) is 8.73. The lowest BCUT2D eigenvalue weighted by molar-refractivity contribution is 0.102. The highest BCUT2D eigenvalue weighted by Crippen LogP contribution is 2.30. The number of hydrogen-bond acceptors (Lipinski definition) is 5. The molecule has 3 heterocycles. The molecule has 144 valence electrons. The lowest BCUT2D eigenvalue weighted by atomic mass is 10.1. The Kier molecular flexibility index (Phi) is 4.66. The van der Waals surface area contributed by atoms with E-state index in [9.17, 15) is 14.4 Å². The van der Waals surface area contributed by atoms with Crippen molar-refractivity contribution in [2.75, 3.05) is 5.32 Å². The largest absolute Gasteiger partial charge is 0.455 e. The number of carbonyl (C=O) groups excluding carboxylic acids is 1. The number of nitrogens with one attached hydrogen (secondary N) is 2. The Morgan fingerprint density at radius 3 is 2.72 bits per heavy atom. The molecule has 0 bridgehead atoms. The monoisotopic (exact) mass is 388 g/mol. The molecular formula is C21H16N4O4. The van der Waals surface area contributed by atoms with Crippen molar-refractivity contribution in [1.82, 2.24) is 14.5 Å². The summed E-state index contributed by atoms with van der Waals surface area (Å²) >= 11 is 0. The fourth-order valence-corrected chi connectivity index (χ4v) is 2.88. The van der Waals surface area contributed by atoms with Gasteiger partial charge in [0.25, 0.3) is 11.5 Å². The number of carbonyl (C=O) groups is 1. The Morgan fingerprint density at radius 1 is 1.14 bits per heavy atom. The molecule has 1 aromatic carbocycles. The van der Waals surface area contributed by atoms with Gasteiger partial charge in [-0.3, -0.25) is 19.4 Å². The molecule has 0 saturated heterocycles. The van der Waals surface area contributed by atoms with E-state index >= 15 is 0 Å². The molecule has 0 spiro atoms. The zero-order valence-corrected chi connectivity index (χ0v) is 15.4. The smallest absolute Gasteiger partial charge is 0.257 e. The minimum Gasteiger partial charge on any atom is -0.455 e. The molecule has 0 aliphatic rings. The lowest BCUT2D eigenvalue weighted by Gasteiger charge is -2.13. The average Bonchev–Trinajstić information content (AvgIpc) is 2.73. The van der Waals surface area contributed by atoms with Crippen molar-refractivity contribution in [3.8, 4) is 11.5 Å². The van der Waals surface area contributed by atoms with Crippen LogP contribution in [0.5, 0.6) is 11.5 Å². The number of nitrogens with zero attached hydrogens (tertiary/aromatic N) is 2. The fraction of sp³-hybridized carbons (Fsp3) is 0.0476. The van der Waals surface area contributed by atoms with Crippen molar-refractivity contribution in [3.05, 3.63) is 93.4 Å². The van der Waals surface area contributed by atoms with Crippen LogP contribution in [-0.2, 0) is 7.05 Å². The summed E-state index contributed by atoms with van der Waals surface area (Å²) in [6.07, 6.45) is 4.52.